The number of fused-ring (bicyclic) bond motifs is 1. The molecule has 1 heterocycles. The summed E-state index contributed by atoms with van der Waals surface area (Å²) in [5.74, 6) is 0.304. The summed E-state index contributed by atoms with van der Waals surface area (Å²) < 4.78 is 12.1. The minimum atomic E-state index is -0.480. The van der Waals surface area contributed by atoms with Gasteiger partial charge < -0.3 is 9.47 Å². The molecule has 0 aromatic carbocycles. The van der Waals surface area contributed by atoms with Gasteiger partial charge in [0.1, 0.15) is 0 Å². The van der Waals surface area contributed by atoms with Crippen LogP contribution in [0.4, 0.5) is 0 Å². The monoisotopic (exact) mass is 272 g/mol. The largest absolute Gasteiger partial charge is 0.377 e. The lowest BCUT2D eigenvalue weighted by atomic mass is 9.66. The zero-order chi connectivity index (χ0) is 10.6. The Labute approximate surface area is 96.9 Å². The van der Waals surface area contributed by atoms with Gasteiger partial charge in [-0.1, -0.05) is 22.0 Å². The standard InChI is InChI=1S/C11H13BrO3/c1-2-14-9-4-7-8(12)3-6(9)10(13)11(7)5-15-11/h3,6-7,9H,2,4-5H2,1H3/t6?,7?,9-,11-/m0/s1. The first-order valence-electron chi connectivity index (χ1n) is 5.36. The number of halogens is 1. The van der Waals surface area contributed by atoms with E-state index in [1.54, 1.807) is 0 Å². The minimum Gasteiger partial charge on any atom is -0.377 e. The van der Waals surface area contributed by atoms with E-state index in [9.17, 15) is 4.79 Å². The summed E-state index contributed by atoms with van der Waals surface area (Å²) in [6.45, 7) is 3.23. The van der Waals surface area contributed by atoms with Gasteiger partial charge >= 0.3 is 0 Å². The summed E-state index contributed by atoms with van der Waals surface area (Å²) in [6, 6.07) is 0. The maximum atomic E-state index is 12.1. The second-order valence-electron chi connectivity index (χ2n) is 4.40. The predicted octanol–water partition coefficient (Wildman–Crippen LogP) is 1.66. The van der Waals surface area contributed by atoms with Gasteiger partial charge in [0, 0.05) is 12.5 Å². The lowest BCUT2D eigenvalue weighted by Crippen LogP contribution is -2.53. The van der Waals surface area contributed by atoms with Crippen molar-refractivity contribution in [2.24, 2.45) is 11.8 Å². The molecular weight excluding hydrogens is 260 g/mol. The van der Waals surface area contributed by atoms with E-state index >= 15 is 0 Å². The molecule has 4 heteroatoms. The molecule has 0 amide bonds. The van der Waals surface area contributed by atoms with Crippen molar-refractivity contribution in [3.63, 3.8) is 0 Å². The fourth-order valence-corrected chi connectivity index (χ4v) is 3.65. The first kappa shape index (κ1) is 10.00. The van der Waals surface area contributed by atoms with Crippen LogP contribution < -0.4 is 0 Å². The molecule has 0 aromatic rings. The number of carbonyl (C=O) groups is 1. The zero-order valence-electron chi connectivity index (χ0n) is 8.53. The van der Waals surface area contributed by atoms with E-state index in [-0.39, 0.29) is 23.7 Å². The summed E-state index contributed by atoms with van der Waals surface area (Å²) in [5.41, 5.74) is -0.480. The Kier molecular flexibility index (Phi) is 2.10. The van der Waals surface area contributed by atoms with Crippen molar-refractivity contribution in [3.05, 3.63) is 10.6 Å². The highest BCUT2D eigenvalue weighted by atomic mass is 79.9. The van der Waals surface area contributed by atoms with E-state index in [2.05, 4.69) is 15.9 Å². The molecular formula is C11H13BrO3. The van der Waals surface area contributed by atoms with E-state index in [0.29, 0.717) is 13.2 Å². The van der Waals surface area contributed by atoms with E-state index in [1.165, 1.54) is 0 Å². The number of ketones is 1. The normalized spacial score (nSPS) is 47.2. The summed E-state index contributed by atoms with van der Waals surface area (Å²) >= 11 is 3.54. The fourth-order valence-electron chi connectivity index (χ4n) is 2.80. The number of hydrogen-bond donors (Lipinski definition) is 0. The van der Waals surface area contributed by atoms with Crippen molar-refractivity contribution in [2.75, 3.05) is 13.2 Å². The topological polar surface area (TPSA) is 38.8 Å². The maximum Gasteiger partial charge on any atom is 0.177 e. The third-order valence-corrected chi connectivity index (χ3v) is 4.48. The highest BCUT2D eigenvalue weighted by molar-refractivity contribution is 9.11. The molecule has 1 saturated carbocycles. The van der Waals surface area contributed by atoms with Gasteiger partial charge in [0.2, 0.25) is 0 Å². The van der Waals surface area contributed by atoms with Gasteiger partial charge in [0.25, 0.3) is 0 Å². The number of carbonyl (C=O) groups excluding carboxylic acids is 1. The van der Waals surface area contributed by atoms with Crippen molar-refractivity contribution < 1.29 is 14.3 Å². The van der Waals surface area contributed by atoms with Crippen molar-refractivity contribution in [1.82, 2.24) is 0 Å². The van der Waals surface area contributed by atoms with Crippen LogP contribution >= 0.6 is 15.9 Å². The van der Waals surface area contributed by atoms with Crippen LogP contribution in [0.2, 0.25) is 0 Å². The molecule has 0 aromatic heterocycles. The average Bonchev–Trinajstić information content (AvgIpc) is 2.98. The van der Waals surface area contributed by atoms with Gasteiger partial charge in [-0.05, 0) is 17.8 Å². The lowest BCUT2D eigenvalue weighted by molar-refractivity contribution is -0.140. The van der Waals surface area contributed by atoms with Crippen molar-refractivity contribution in [3.8, 4) is 0 Å². The van der Waals surface area contributed by atoms with E-state index in [0.717, 1.165) is 10.9 Å². The van der Waals surface area contributed by atoms with Crippen LogP contribution in [-0.4, -0.2) is 30.7 Å². The molecule has 3 nitrogen and oxygen atoms in total. The quantitative estimate of drug-likeness (QED) is 0.718. The SMILES string of the molecule is CCO[C@H]1CC2C(Br)=CC1C(=O)[C@]21CO1. The van der Waals surface area contributed by atoms with Gasteiger partial charge in [-0.2, -0.15) is 0 Å². The van der Waals surface area contributed by atoms with Crippen LogP contribution in [0.1, 0.15) is 13.3 Å². The lowest BCUT2D eigenvalue weighted by Gasteiger charge is -2.42. The van der Waals surface area contributed by atoms with Gasteiger partial charge in [0.05, 0.1) is 18.6 Å². The minimum absolute atomic E-state index is 0.0589. The Balaban J connectivity index is 1.94. The van der Waals surface area contributed by atoms with Gasteiger partial charge in [-0.3, -0.25) is 4.79 Å². The van der Waals surface area contributed by atoms with E-state index in [1.807, 2.05) is 13.0 Å². The highest BCUT2D eigenvalue weighted by Gasteiger charge is 2.66. The molecule has 82 valence electrons. The van der Waals surface area contributed by atoms with Crippen molar-refractivity contribution >= 4 is 21.7 Å². The molecule has 15 heavy (non-hydrogen) atoms. The molecule has 4 rings (SSSR count). The van der Waals surface area contributed by atoms with Crippen LogP contribution in [0.15, 0.2) is 10.6 Å². The first-order chi connectivity index (χ1) is 7.19. The van der Waals surface area contributed by atoms with Crippen LogP contribution in [0.5, 0.6) is 0 Å². The Hall–Kier alpha value is -0.190. The molecule has 0 radical (unpaired) electrons. The summed E-state index contributed by atoms with van der Waals surface area (Å²) in [4.78, 5) is 12.1. The third kappa shape index (κ3) is 1.22. The Bertz CT molecular complexity index is 346. The van der Waals surface area contributed by atoms with Crippen molar-refractivity contribution in [1.29, 1.82) is 0 Å². The molecule has 2 unspecified atom stereocenters. The van der Waals surface area contributed by atoms with Crippen LogP contribution in [0, 0.1) is 11.8 Å². The Morgan fingerprint density at radius 3 is 3.07 bits per heavy atom. The predicted molar refractivity (Wildman–Crippen MR) is 57.7 cm³/mol. The number of Topliss-reactive ketones (excluding diaryl/α,β-unsaturated/α-hetero) is 1. The third-order valence-electron chi connectivity index (χ3n) is 3.66. The summed E-state index contributed by atoms with van der Waals surface area (Å²) in [7, 11) is 0. The van der Waals surface area contributed by atoms with Gasteiger partial charge in [-0.15, -0.1) is 0 Å². The average molecular weight is 273 g/mol. The molecule has 2 fully saturated rings. The molecule has 1 saturated heterocycles. The molecule has 0 N–H and O–H groups in total. The summed E-state index contributed by atoms with van der Waals surface area (Å²) in [6.07, 6.45) is 2.97. The van der Waals surface area contributed by atoms with Crippen LogP contribution in [-0.2, 0) is 14.3 Å². The molecule has 4 atom stereocenters. The fraction of sp³-hybridized carbons (Fsp3) is 0.727. The highest BCUT2D eigenvalue weighted by Crippen LogP contribution is 2.55. The molecule has 4 aliphatic rings. The van der Waals surface area contributed by atoms with Gasteiger partial charge in [-0.25, -0.2) is 0 Å². The molecule has 1 aliphatic heterocycles. The first-order valence-corrected chi connectivity index (χ1v) is 6.15. The molecule has 2 bridgehead atoms. The van der Waals surface area contributed by atoms with Gasteiger partial charge in [0.15, 0.2) is 11.4 Å². The van der Waals surface area contributed by atoms with Crippen LogP contribution in [0.3, 0.4) is 0 Å². The van der Waals surface area contributed by atoms with E-state index in [4.69, 9.17) is 9.47 Å². The summed E-state index contributed by atoms with van der Waals surface area (Å²) in [5, 5.41) is 0. The second kappa shape index (κ2) is 3.15. The maximum absolute atomic E-state index is 12.1. The zero-order valence-corrected chi connectivity index (χ0v) is 10.1. The number of epoxide rings is 1. The second-order valence-corrected chi connectivity index (χ2v) is 5.32. The van der Waals surface area contributed by atoms with Crippen LogP contribution in [0.25, 0.3) is 0 Å². The number of ether oxygens (including phenoxy) is 2. The Morgan fingerprint density at radius 2 is 2.47 bits per heavy atom. The van der Waals surface area contributed by atoms with Crippen molar-refractivity contribution in [2.45, 2.75) is 25.0 Å². The molecule has 1 spiro atoms. The number of rotatable bonds is 2. The van der Waals surface area contributed by atoms with E-state index < -0.39 is 5.60 Å². The number of hydrogen-bond acceptors (Lipinski definition) is 3. The Morgan fingerprint density at radius 1 is 1.73 bits per heavy atom. The molecule has 3 aliphatic carbocycles. The smallest absolute Gasteiger partial charge is 0.177 e.